The SMILES string of the molecule is Cc1ccc(C(=O)NCCC(O)(c2ccccc2)C(F)(F)F)o1. The number of hydrogen-bond donors (Lipinski definition) is 2. The van der Waals surface area contributed by atoms with Gasteiger partial charge in [0.15, 0.2) is 11.4 Å². The third-order valence-electron chi connectivity index (χ3n) is 3.46. The second-order valence-corrected chi connectivity index (χ2v) is 5.14. The Balaban J connectivity index is 2.07. The number of amides is 1. The van der Waals surface area contributed by atoms with E-state index >= 15 is 0 Å². The Morgan fingerprint density at radius 1 is 1.17 bits per heavy atom. The lowest BCUT2D eigenvalue weighted by Gasteiger charge is -2.31. The molecule has 4 nitrogen and oxygen atoms in total. The normalized spacial score (nSPS) is 14.3. The minimum Gasteiger partial charge on any atom is -0.456 e. The Morgan fingerprint density at radius 3 is 2.35 bits per heavy atom. The molecule has 1 aromatic heterocycles. The van der Waals surface area contributed by atoms with Crippen LogP contribution in [-0.2, 0) is 5.60 Å². The molecular formula is C16H16F3NO3. The summed E-state index contributed by atoms with van der Waals surface area (Å²) in [5.41, 5.74) is -3.30. The number of halogens is 3. The molecule has 7 heteroatoms. The number of aryl methyl sites for hydroxylation is 1. The molecule has 124 valence electrons. The van der Waals surface area contributed by atoms with Crippen LogP contribution in [0, 0.1) is 6.92 Å². The number of alkyl halides is 3. The molecule has 0 saturated heterocycles. The van der Waals surface area contributed by atoms with Gasteiger partial charge in [0.05, 0.1) is 0 Å². The monoisotopic (exact) mass is 327 g/mol. The standard InChI is InChI=1S/C16H16F3NO3/c1-11-7-8-13(23-11)14(21)20-10-9-15(22,16(17,18)19)12-5-3-2-4-6-12/h2-8,22H,9-10H2,1H3,(H,20,21). The number of aliphatic hydroxyl groups is 1. The molecular weight excluding hydrogens is 311 g/mol. The Hall–Kier alpha value is -2.28. The molecule has 0 aliphatic heterocycles. The maximum absolute atomic E-state index is 13.3. The van der Waals surface area contributed by atoms with Gasteiger partial charge in [-0.05, 0) is 24.6 Å². The summed E-state index contributed by atoms with van der Waals surface area (Å²) in [5.74, 6) is -0.0975. The molecule has 0 fully saturated rings. The van der Waals surface area contributed by atoms with Gasteiger partial charge in [-0.3, -0.25) is 4.79 Å². The first kappa shape index (κ1) is 17.1. The van der Waals surface area contributed by atoms with Crippen molar-refractivity contribution in [2.45, 2.75) is 25.1 Å². The summed E-state index contributed by atoms with van der Waals surface area (Å²) in [6.45, 7) is 1.29. The molecule has 1 aromatic carbocycles. The van der Waals surface area contributed by atoms with Gasteiger partial charge in [0.1, 0.15) is 5.76 Å². The van der Waals surface area contributed by atoms with Crippen LogP contribution in [0.1, 0.15) is 28.3 Å². The quantitative estimate of drug-likeness (QED) is 0.887. The second kappa shape index (κ2) is 6.45. The molecule has 0 spiro atoms. The highest BCUT2D eigenvalue weighted by molar-refractivity contribution is 5.91. The summed E-state index contributed by atoms with van der Waals surface area (Å²) >= 11 is 0. The van der Waals surface area contributed by atoms with Gasteiger partial charge < -0.3 is 14.8 Å². The van der Waals surface area contributed by atoms with Crippen molar-refractivity contribution in [1.29, 1.82) is 0 Å². The molecule has 1 unspecified atom stereocenters. The third-order valence-corrected chi connectivity index (χ3v) is 3.46. The zero-order valence-electron chi connectivity index (χ0n) is 12.4. The molecule has 0 bridgehead atoms. The zero-order chi connectivity index (χ0) is 17.1. The lowest BCUT2D eigenvalue weighted by molar-refractivity contribution is -0.268. The number of benzene rings is 1. The number of nitrogens with one attached hydrogen (secondary N) is 1. The van der Waals surface area contributed by atoms with E-state index in [1.54, 1.807) is 19.1 Å². The number of rotatable bonds is 5. The van der Waals surface area contributed by atoms with E-state index < -0.39 is 24.1 Å². The first-order chi connectivity index (χ1) is 10.7. The van der Waals surface area contributed by atoms with E-state index in [0.717, 1.165) is 0 Å². The van der Waals surface area contributed by atoms with E-state index in [0.29, 0.717) is 5.76 Å². The van der Waals surface area contributed by atoms with Crippen LogP contribution in [0.2, 0.25) is 0 Å². The van der Waals surface area contributed by atoms with Gasteiger partial charge in [0, 0.05) is 13.0 Å². The average molecular weight is 327 g/mol. The van der Waals surface area contributed by atoms with E-state index in [2.05, 4.69) is 5.32 Å². The molecule has 0 radical (unpaired) electrons. The summed E-state index contributed by atoms with van der Waals surface area (Å²) in [6.07, 6.45) is -5.56. The predicted molar refractivity (Wildman–Crippen MR) is 76.8 cm³/mol. The maximum atomic E-state index is 13.3. The fourth-order valence-corrected chi connectivity index (χ4v) is 2.16. The molecule has 0 aliphatic carbocycles. The molecule has 2 N–H and O–H groups in total. The first-order valence-corrected chi connectivity index (χ1v) is 6.93. The van der Waals surface area contributed by atoms with Gasteiger partial charge in [0.2, 0.25) is 0 Å². The molecule has 1 heterocycles. The fraction of sp³-hybridized carbons (Fsp3) is 0.312. The Morgan fingerprint density at radius 2 is 1.83 bits per heavy atom. The van der Waals surface area contributed by atoms with Crippen molar-refractivity contribution in [3.63, 3.8) is 0 Å². The average Bonchev–Trinajstić information content (AvgIpc) is 2.93. The fourth-order valence-electron chi connectivity index (χ4n) is 2.16. The number of carbonyl (C=O) groups excluding carboxylic acids is 1. The molecule has 1 amide bonds. The van der Waals surface area contributed by atoms with Crippen LogP contribution in [0.4, 0.5) is 13.2 Å². The van der Waals surface area contributed by atoms with Crippen molar-refractivity contribution in [2.24, 2.45) is 0 Å². The molecule has 2 aromatic rings. The zero-order valence-corrected chi connectivity index (χ0v) is 12.4. The van der Waals surface area contributed by atoms with Crippen molar-refractivity contribution < 1.29 is 27.5 Å². The van der Waals surface area contributed by atoms with Crippen LogP contribution in [0.25, 0.3) is 0 Å². The van der Waals surface area contributed by atoms with Crippen molar-refractivity contribution in [3.8, 4) is 0 Å². The smallest absolute Gasteiger partial charge is 0.421 e. The van der Waals surface area contributed by atoms with Crippen LogP contribution in [0.3, 0.4) is 0 Å². The Labute approximate surface area is 130 Å². The lowest BCUT2D eigenvalue weighted by atomic mass is 9.89. The predicted octanol–water partition coefficient (Wildman–Crippen LogP) is 3.16. The van der Waals surface area contributed by atoms with Crippen molar-refractivity contribution in [2.75, 3.05) is 6.54 Å². The van der Waals surface area contributed by atoms with Crippen LogP contribution >= 0.6 is 0 Å². The minimum absolute atomic E-state index is 0.0118. The molecule has 0 saturated carbocycles. The van der Waals surface area contributed by atoms with E-state index in [4.69, 9.17) is 4.42 Å². The van der Waals surface area contributed by atoms with Crippen molar-refractivity contribution in [1.82, 2.24) is 5.32 Å². The van der Waals surface area contributed by atoms with Crippen LogP contribution < -0.4 is 5.32 Å². The van der Waals surface area contributed by atoms with E-state index in [1.165, 1.54) is 30.3 Å². The first-order valence-electron chi connectivity index (χ1n) is 6.93. The van der Waals surface area contributed by atoms with E-state index in [9.17, 15) is 23.1 Å². The van der Waals surface area contributed by atoms with Crippen LogP contribution in [-0.4, -0.2) is 23.7 Å². The summed E-state index contributed by atoms with van der Waals surface area (Å²) < 4.78 is 44.9. The highest BCUT2D eigenvalue weighted by Gasteiger charge is 2.54. The van der Waals surface area contributed by atoms with Crippen molar-refractivity contribution in [3.05, 3.63) is 59.5 Å². The van der Waals surface area contributed by atoms with Gasteiger partial charge in [0.25, 0.3) is 5.91 Å². The molecule has 0 aliphatic rings. The molecule has 23 heavy (non-hydrogen) atoms. The number of furan rings is 1. The summed E-state index contributed by atoms with van der Waals surface area (Å²) in [7, 11) is 0. The molecule has 2 rings (SSSR count). The van der Waals surface area contributed by atoms with E-state index in [1.807, 2.05) is 0 Å². The Kier molecular flexibility index (Phi) is 4.79. The third kappa shape index (κ3) is 3.73. The van der Waals surface area contributed by atoms with Gasteiger partial charge in [-0.2, -0.15) is 13.2 Å². The van der Waals surface area contributed by atoms with Gasteiger partial charge in [-0.25, -0.2) is 0 Å². The van der Waals surface area contributed by atoms with Crippen LogP contribution in [0.15, 0.2) is 46.9 Å². The second-order valence-electron chi connectivity index (χ2n) is 5.14. The largest absolute Gasteiger partial charge is 0.456 e. The van der Waals surface area contributed by atoms with Gasteiger partial charge >= 0.3 is 6.18 Å². The number of carbonyl (C=O) groups is 1. The minimum atomic E-state index is -4.86. The highest BCUT2D eigenvalue weighted by Crippen LogP contribution is 2.41. The summed E-state index contributed by atoms with van der Waals surface area (Å²) in [6, 6.07) is 9.78. The highest BCUT2D eigenvalue weighted by atomic mass is 19.4. The maximum Gasteiger partial charge on any atom is 0.421 e. The lowest BCUT2D eigenvalue weighted by Crippen LogP contribution is -2.45. The van der Waals surface area contributed by atoms with E-state index in [-0.39, 0.29) is 17.9 Å². The number of hydrogen-bond acceptors (Lipinski definition) is 3. The summed E-state index contributed by atoms with van der Waals surface area (Å²) in [4.78, 5) is 11.8. The van der Waals surface area contributed by atoms with Gasteiger partial charge in [-0.1, -0.05) is 30.3 Å². The van der Waals surface area contributed by atoms with Crippen molar-refractivity contribution >= 4 is 5.91 Å². The van der Waals surface area contributed by atoms with Gasteiger partial charge in [-0.15, -0.1) is 0 Å². The topological polar surface area (TPSA) is 62.5 Å². The summed E-state index contributed by atoms with van der Waals surface area (Å²) in [5, 5.41) is 12.4. The Bertz CT molecular complexity index is 667. The molecule has 1 atom stereocenters. The van der Waals surface area contributed by atoms with Crippen LogP contribution in [0.5, 0.6) is 0 Å².